The summed E-state index contributed by atoms with van der Waals surface area (Å²) in [4.78, 5) is 11.0. The molecule has 0 atom stereocenters. The molecule has 0 bridgehead atoms. The van der Waals surface area contributed by atoms with Crippen LogP contribution in [0.4, 0.5) is 0 Å². The van der Waals surface area contributed by atoms with Gasteiger partial charge < -0.3 is 9.47 Å². The first kappa shape index (κ1) is 13.0. The standard InChI is InChI=1S/C12H15BrO3/c1-7(2)16-12-9(6-14)5-10(13)8(3)11(12)15-4/h5-7H,1-4H3. The summed E-state index contributed by atoms with van der Waals surface area (Å²) in [5.74, 6) is 1.11. The number of hydrogen-bond donors (Lipinski definition) is 0. The lowest BCUT2D eigenvalue weighted by Gasteiger charge is -2.18. The first-order valence-corrected chi connectivity index (χ1v) is 5.79. The topological polar surface area (TPSA) is 35.5 Å². The van der Waals surface area contributed by atoms with Gasteiger partial charge in [-0.05, 0) is 26.8 Å². The summed E-state index contributed by atoms with van der Waals surface area (Å²) in [5, 5.41) is 0. The lowest BCUT2D eigenvalue weighted by atomic mass is 10.1. The summed E-state index contributed by atoms with van der Waals surface area (Å²) < 4.78 is 11.7. The van der Waals surface area contributed by atoms with E-state index in [-0.39, 0.29) is 6.10 Å². The van der Waals surface area contributed by atoms with Crippen LogP contribution in [0.3, 0.4) is 0 Å². The average molecular weight is 287 g/mol. The van der Waals surface area contributed by atoms with E-state index in [1.807, 2.05) is 20.8 Å². The highest BCUT2D eigenvalue weighted by atomic mass is 79.9. The molecule has 1 aromatic carbocycles. The number of halogens is 1. The SMILES string of the molecule is COc1c(C)c(Br)cc(C=O)c1OC(C)C. The normalized spacial score (nSPS) is 10.4. The lowest BCUT2D eigenvalue weighted by molar-refractivity contribution is 0.111. The van der Waals surface area contributed by atoms with E-state index in [1.165, 1.54) is 0 Å². The number of aldehydes is 1. The number of ether oxygens (including phenoxy) is 2. The number of carbonyl (C=O) groups is 1. The molecule has 0 aromatic heterocycles. The number of rotatable bonds is 4. The summed E-state index contributed by atoms with van der Waals surface area (Å²) in [6.45, 7) is 5.72. The molecule has 0 amide bonds. The second-order valence-electron chi connectivity index (χ2n) is 3.72. The van der Waals surface area contributed by atoms with E-state index in [0.717, 1.165) is 16.3 Å². The van der Waals surface area contributed by atoms with E-state index in [1.54, 1.807) is 13.2 Å². The molecule has 1 aromatic rings. The first-order chi connectivity index (χ1) is 7.51. The van der Waals surface area contributed by atoms with Gasteiger partial charge in [-0.2, -0.15) is 0 Å². The van der Waals surface area contributed by atoms with Crippen molar-refractivity contribution in [3.63, 3.8) is 0 Å². The van der Waals surface area contributed by atoms with Crippen LogP contribution in [0.2, 0.25) is 0 Å². The second-order valence-corrected chi connectivity index (χ2v) is 4.57. The molecule has 0 fully saturated rings. The minimum Gasteiger partial charge on any atom is -0.493 e. The van der Waals surface area contributed by atoms with Crippen LogP contribution in [0.1, 0.15) is 29.8 Å². The van der Waals surface area contributed by atoms with Gasteiger partial charge in [0.1, 0.15) is 0 Å². The number of carbonyl (C=O) groups excluding carboxylic acids is 1. The molecule has 0 aliphatic carbocycles. The van der Waals surface area contributed by atoms with Crippen LogP contribution < -0.4 is 9.47 Å². The molecule has 0 unspecified atom stereocenters. The fourth-order valence-corrected chi connectivity index (χ4v) is 1.84. The minimum absolute atomic E-state index is 0.00632. The summed E-state index contributed by atoms with van der Waals surface area (Å²) in [5.41, 5.74) is 1.41. The van der Waals surface area contributed by atoms with E-state index in [4.69, 9.17) is 9.47 Å². The van der Waals surface area contributed by atoms with Crippen molar-refractivity contribution < 1.29 is 14.3 Å². The Balaban J connectivity index is 3.40. The van der Waals surface area contributed by atoms with Crippen molar-refractivity contribution in [2.75, 3.05) is 7.11 Å². The Morgan fingerprint density at radius 1 is 1.38 bits per heavy atom. The van der Waals surface area contributed by atoms with Crippen molar-refractivity contribution in [2.24, 2.45) is 0 Å². The zero-order chi connectivity index (χ0) is 12.3. The van der Waals surface area contributed by atoms with E-state index in [2.05, 4.69) is 15.9 Å². The van der Waals surface area contributed by atoms with Crippen molar-refractivity contribution >= 4 is 22.2 Å². The predicted octanol–water partition coefficient (Wildman–Crippen LogP) is 3.37. The molecule has 3 nitrogen and oxygen atoms in total. The Kier molecular flexibility index (Phi) is 4.35. The van der Waals surface area contributed by atoms with Crippen molar-refractivity contribution in [3.05, 3.63) is 21.7 Å². The van der Waals surface area contributed by atoms with Gasteiger partial charge in [-0.1, -0.05) is 15.9 Å². The number of methoxy groups -OCH3 is 1. The van der Waals surface area contributed by atoms with Gasteiger partial charge in [0.15, 0.2) is 17.8 Å². The molecule has 0 aliphatic heterocycles. The maximum absolute atomic E-state index is 11.0. The van der Waals surface area contributed by atoms with E-state index >= 15 is 0 Å². The Labute approximate surface area is 104 Å². The van der Waals surface area contributed by atoms with E-state index < -0.39 is 0 Å². The largest absolute Gasteiger partial charge is 0.493 e. The zero-order valence-electron chi connectivity index (χ0n) is 9.83. The van der Waals surface area contributed by atoms with Gasteiger partial charge in [-0.3, -0.25) is 4.79 Å². The van der Waals surface area contributed by atoms with Crippen LogP contribution in [0.15, 0.2) is 10.5 Å². The van der Waals surface area contributed by atoms with Gasteiger partial charge in [0.25, 0.3) is 0 Å². The molecule has 0 heterocycles. The second kappa shape index (κ2) is 5.34. The summed E-state index contributed by atoms with van der Waals surface area (Å²) in [6, 6.07) is 1.74. The third kappa shape index (κ3) is 2.55. The van der Waals surface area contributed by atoms with Crippen molar-refractivity contribution in [1.29, 1.82) is 0 Å². The fraction of sp³-hybridized carbons (Fsp3) is 0.417. The molecule has 16 heavy (non-hydrogen) atoms. The third-order valence-corrected chi connectivity index (χ3v) is 2.96. The van der Waals surface area contributed by atoms with Gasteiger partial charge in [-0.25, -0.2) is 0 Å². The van der Waals surface area contributed by atoms with E-state index in [0.29, 0.717) is 17.1 Å². The third-order valence-electron chi connectivity index (χ3n) is 2.13. The van der Waals surface area contributed by atoms with Crippen molar-refractivity contribution in [1.82, 2.24) is 0 Å². The van der Waals surface area contributed by atoms with Crippen LogP contribution >= 0.6 is 15.9 Å². The Morgan fingerprint density at radius 3 is 2.44 bits per heavy atom. The maximum atomic E-state index is 11.0. The van der Waals surface area contributed by atoms with Gasteiger partial charge in [-0.15, -0.1) is 0 Å². The van der Waals surface area contributed by atoms with E-state index in [9.17, 15) is 4.79 Å². The highest BCUT2D eigenvalue weighted by molar-refractivity contribution is 9.10. The smallest absolute Gasteiger partial charge is 0.172 e. The summed E-state index contributed by atoms with van der Waals surface area (Å²) in [6.07, 6.45) is 0.762. The molecular formula is C12H15BrO3. The molecule has 0 radical (unpaired) electrons. The molecule has 88 valence electrons. The molecule has 4 heteroatoms. The highest BCUT2D eigenvalue weighted by Gasteiger charge is 2.17. The molecule has 0 N–H and O–H groups in total. The van der Waals surface area contributed by atoms with Gasteiger partial charge in [0.05, 0.1) is 18.8 Å². The van der Waals surface area contributed by atoms with Gasteiger partial charge >= 0.3 is 0 Å². The molecule has 0 saturated carbocycles. The average Bonchev–Trinajstić information content (AvgIpc) is 2.23. The summed E-state index contributed by atoms with van der Waals surface area (Å²) in [7, 11) is 1.57. The van der Waals surface area contributed by atoms with Crippen molar-refractivity contribution in [2.45, 2.75) is 26.9 Å². The Morgan fingerprint density at radius 2 is 2.00 bits per heavy atom. The summed E-state index contributed by atoms with van der Waals surface area (Å²) >= 11 is 3.38. The Bertz CT molecular complexity index is 400. The van der Waals surface area contributed by atoms with Crippen LogP contribution in [-0.2, 0) is 0 Å². The van der Waals surface area contributed by atoms with Gasteiger partial charge in [0, 0.05) is 10.0 Å². The minimum atomic E-state index is -0.00632. The Hall–Kier alpha value is -1.03. The molecular weight excluding hydrogens is 272 g/mol. The first-order valence-electron chi connectivity index (χ1n) is 5.00. The van der Waals surface area contributed by atoms with Crippen LogP contribution in [0.25, 0.3) is 0 Å². The quantitative estimate of drug-likeness (QED) is 0.796. The molecule has 0 spiro atoms. The van der Waals surface area contributed by atoms with Crippen molar-refractivity contribution in [3.8, 4) is 11.5 Å². The highest BCUT2D eigenvalue weighted by Crippen LogP contribution is 2.38. The van der Waals surface area contributed by atoms with Crippen LogP contribution in [0, 0.1) is 6.92 Å². The molecule has 0 saturated heterocycles. The monoisotopic (exact) mass is 286 g/mol. The lowest BCUT2D eigenvalue weighted by Crippen LogP contribution is -2.09. The van der Waals surface area contributed by atoms with Gasteiger partial charge in [0.2, 0.25) is 0 Å². The zero-order valence-corrected chi connectivity index (χ0v) is 11.4. The fourth-order valence-electron chi connectivity index (χ4n) is 1.41. The number of benzene rings is 1. The predicted molar refractivity (Wildman–Crippen MR) is 66.6 cm³/mol. The maximum Gasteiger partial charge on any atom is 0.172 e. The van der Waals surface area contributed by atoms with Crippen LogP contribution in [-0.4, -0.2) is 19.5 Å². The van der Waals surface area contributed by atoms with Crippen LogP contribution in [0.5, 0.6) is 11.5 Å². The number of hydrogen-bond acceptors (Lipinski definition) is 3. The molecule has 1 rings (SSSR count). The molecule has 0 aliphatic rings.